The summed E-state index contributed by atoms with van der Waals surface area (Å²) in [5.74, 6) is 0.449. The number of amides is 1. The Balaban J connectivity index is 1.90. The van der Waals surface area contributed by atoms with E-state index in [2.05, 4.69) is 12.1 Å². The van der Waals surface area contributed by atoms with Gasteiger partial charge in [0.2, 0.25) is 5.91 Å². The lowest BCUT2D eigenvalue weighted by Gasteiger charge is -2.32. The average molecular weight is 249 g/mol. The summed E-state index contributed by atoms with van der Waals surface area (Å²) >= 11 is 0. The summed E-state index contributed by atoms with van der Waals surface area (Å²) in [4.78, 5) is 13.4. The molecule has 0 radical (unpaired) electrons. The van der Waals surface area contributed by atoms with Gasteiger partial charge in [0.05, 0.1) is 6.54 Å². The van der Waals surface area contributed by atoms with Crippen LogP contribution in [0.4, 0.5) is 5.69 Å². The number of carbonyl (C=O) groups is 1. The van der Waals surface area contributed by atoms with Gasteiger partial charge in [0.15, 0.2) is 0 Å². The van der Waals surface area contributed by atoms with Crippen LogP contribution < -0.4 is 11.2 Å². The van der Waals surface area contributed by atoms with Crippen molar-refractivity contribution < 1.29 is 10.0 Å². The maximum Gasteiger partial charge on any atom is 0.238 e. The van der Waals surface area contributed by atoms with Crippen molar-refractivity contribution in [1.82, 2.24) is 10.4 Å². The van der Waals surface area contributed by atoms with Crippen LogP contribution in [0.3, 0.4) is 0 Å². The molecular weight excluding hydrogens is 230 g/mol. The lowest BCUT2D eigenvalue weighted by Crippen LogP contribution is -2.42. The highest BCUT2D eigenvalue weighted by Gasteiger charge is 2.23. The Hall–Kier alpha value is -1.59. The van der Waals surface area contributed by atoms with Gasteiger partial charge < -0.3 is 15.8 Å². The van der Waals surface area contributed by atoms with Gasteiger partial charge >= 0.3 is 0 Å². The summed E-state index contributed by atoms with van der Waals surface area (Å²) in [6, 6.07) is 7.96. The summed E-state index contributed by atoms with van der Waals surface area (Å²) in [6.07, 6.45) is 1.92. The number of rotatable bonds is 3. The van der Waals surface area contributed by atoms with Crippen LogP contribution in [-0.2, 0) is 4.79 Å². The molecule has 1 aromatic rings. The molecule has 2 rings (SSSR count). The Bertz CT molecular complexity index is 397. The molecule has 1 fully saturated rings. The van der Waals surface area contributed by atoms with Crippen LogP contribution in [-0.4, -0.2) is 35.6 Å². The van der Waals surface area contributed by atoms with E-state index in [0.717, 1.165) is 31.6 Å². The Morgan fingerprint density at radius 1 is 1.33 bits per heavy atom. The van der Waals surface area contributed by atoms with Crippen molar-refractivity contribution in [3.05, 3.63) is 29.8 Å². The van der Waals surface area contributed by atoms with Crippen molar-refractivity contribution >= 4 is 11.6 Å². The maximum atomic E-state index is 11.6. The molecule has 0 unspecified atom stereocenters. The predicted molar refractivity (Wildman–Crippen MR) is 69.2 cm³/mol. The molecule has 0 saturated carbocycles. The smallest absolute Gasteiger partial charge is 0.238 e. The molecule has 5 heteroatoms. The van der Waals surface area contributed by atoms with Crippen molar-refractivity contribution in [2.75, 3.05) is 25.4 Å². The number of piperidine rings is 1. The fourth-order valence-electron chi connectivity index (χ4n) is 2.41. The van der Waals surface area contributed by atoms with Crippen molar-refractivity contribution in [1.29, 1.82) is 0 Å². The molecule has 5 nitrogen and oxygen atoms in total. The first-order valence-electron chi connectivity index (χ1n) is 6.21. The van der Waals surface area contributed by atoms with Crippen LogP contribution in [0.2, 0.25) is 0 Å². The third-order valence-electron chi connectivity index (χ3n) is 3.49. The molecule has 18 heavy (non-hydrogen) atoms. The van der Waals surface area contributed by atoms with Crippen molar-refractivity contribution in [2.45, 2.75) is 18.8 Å². The molecule has 1 aliphatic rings. The van der Waals surface area contributed by atoms with Gasteiger partial charge in [-0.25, -0.2) is 0 Å². The number of carbonyl (C=O) groups excluding carboxylic acids is 1. The van der Waals surface area contributed by atoms with E-state index in [1.54, 1.807) is 4.90 Å². The Morgan fingerprint density at radius 2 is 1.94 bits per heavy atom. The van der Waals surface area contributed by atoms with Gasteiger partial charge in [-0.05, 0) is 36.5 Å². The highest BCUT2D eigenvalue weighted by molar-refractivity contribution is 5.78. The zero-order valence-corrected chi connectivity index (χ0v) is 10.3. The van der Waals surface area contributed by atoms with E-state index in [1.807, 2.05) is 17.6 Å². The largest absolute Gasteiger partial charge is 0.399 e. The van der Waals surface area contributed by atoms with Crippen molar-refractivity contribution in [3.8, 4) is 0 Å². The molecule has 1 aromatic carbocycles. The van der Waals surface area contributed by atoms with Gasteiger partial charge in [0.1, 0.15) is 0 Å². The SMILES string of the molecule is Nc1ccc(C2CCN(C(=O)CNO)CC2)cc1. The third-order valence-corrected chi connectivity index (χ3v) is 3.49. The lowest BCUT2D eigenvalue weighted by atomic mass is 9.89. The monoisotopic (exact) mass is 249 g/mol. The highest BCUT2D eigenvalue weighted by Crippen LogP contribution is 2.28. The van der Waals surface area contributed by atoms with E-state index < -0.39 is 0 Å². The van der Waals surface area contributed by atoms with Crippen molar-refractivity contribution in [2.24, 2.45) is 0 Å². The average Bonchev–Trinajstić information content (AvgIpc) is 2.40. The van der Waals surface area contributed by atoms with E-state index in [9.17, 15) is 4.79 Å². The molecular formula is C13H19N3O2. The Morgan fingerprint density at radius 3 is 2.50 bits per heavy atom. The molecule has 1 saturated heterocycles. The first-order chi connectivity index (χ1) is 8.70. The number of nitrogen functional groups attached to an aromatic ring is 1. The normalized spacial score (nSPS) is 16.8. The first kappa shape index (κ1) is 12.9. The molecule has 0 bridgehead atoms. The summed E-state index contributed by atoms with van der Waals surface area (Å²) in [5, 5.41) is 8.51. The molecule has 0 aliphatic carbocycles. The second kappa shape index (κ2) is 5.84. The molecule has 0 aromatic heterocycles. The predicted octanol–water partition coefficient (Wildman–Crippen LogP) is 0.954. The number of hydroxylamine groups is 1. The van der Waals surface area contributed by atoms with Crippen LogP contribution in [0.1, 0.15) is 24.3 Å². The van der Waals surface area contributed by atoms with Crippen LogP contribution in [0, 0.1) is 0 Å². The van der Waals surface area contributed by atoms with Gasteiger partial charge in [-0.15, -0.1) is 0 Å². The minimum atomic E-state index is -0.0479. The van der Waals surface area contributed by atoms with E-state index in [-0.39, 0.29) is 12.5 Å². The lowest BCUT2D eigenvalue weighted by molar-refractivity contribution is -0.132. The minimum Gasteiger partial charge on any atom is -0.399 e. The molecule has 0 atom stereocenters. The number of hydrogen-bond donors (Lipinski definition) is 3. The maximum absolute atomic E-state index is 11.6. The van der Waals surface area contributed by atoms with Crippen molar-refractivity contribution in [3.63, 3.8) is 0 Å². The number of likely N-dealkylation sites (tertiary alicyclic amines) is 1. The third kappa shape index (κ3) is 3.00. The van der Waals surface area contributed by atoms with Gasteiger partial charge in [-0.1, -0.05) is 12.1 Å². The fourth-order valence-corrected chi connectivity index (χ4v) is 2.41. The van der Waals surface area contributed by atoms with Gasteiger partial charge in [-0.2, -0.15) is 5.48 Å². The molecule has 1 heterocycles. The molecule has 4 N–H and O–H groups in total. The molecule has 1 amide bonds. The number of nitrogens with two attached hydrogens (primary N) is 1. The number of hydrogen-bond acceptors (Lipinski definition) is 4. The number of nitrogens with one attached hydrogen (secondary N) is 1. The topological polar surface area (TPSA) is 78.6 Å². The molecule has 1 aliphatic heterocycles. The number of benzene rings is 1. The second-order valence-corrected chi connectivity index (χ2v) is 4.66. The standard InChI is InChI=1S/C13H19N3O2/c14-12-3-1-10(2-4-12)11-5-7-16(8-6-11)13(17)9-15-18/h1-4,11,15,18H,5-9,14H2. The highest BCUT2D eigenvalue weighted by atomic mass is 16.5. The van der Waals surface area contributed by atoms with Crippen LogP contribution in [0.5, 0.6) is 0 Å². The van der Waals surface area contributed by atoms with Gasteiger partial charge in [0, 0.05) is 18.8 Å². The van der Waals surface area contributed by atoms with Gasteiger partial charge in [-0.3, -0.25) is 4.79 Å². The molecule has 0 spiro atoms. The summed E-state index contributed by atoms with van der Waals surface area (Å²) in [7, 11) is 0. The van der Waals surface area contributed by atoms with Crippen LogP contribution in [0.15, 0.2) is 24.3 Å². The zero-order valence-electron chi connectivity index (χ0n) is 10.3. The minimum absolute atomic E-state index is 0.00740. The van der Waals surface area contributed by atoms with E-state index >= 15 is 0 Å². The Kier molecular flexibility index (Phi) is 4.17. The van der Waals surface area contributed by atoms with E-state index in [1.165, 1.54) is 5.56 Å². The first-order valence-corrected chi connectivity index (χ1v) is 6.21. The Labute approximate surface area is 107 Å². The van der Waals surface area contributed by atoms with Crippen LogP contribution in [0.25, 0.3) is 0 Å². The second-order valence-electron chi connectivity index (χ2n) is 4.66. The van der Waals surface area contributed by atoms with Crippen LogP contribution >= 0.6 is 0 Å². The summed E-state index contributed by atoms with van der Waals surface area (Å²) in [6.45, 7) is 1.48. The van der Waals surface area contributed by atoms with Gasteiger partial charge in [0.25, 0.3) is 0 Å². The number of nitrogens with zero attached hydrogens (tertiary/aromatic N) is 1. The molecule has 98 valence electrons. The zero-order chi connectivity index (χ0) is 13.0. The number of anilines is 1. The summed E-state index contributed by atoms with van der Waals surface area (Å²) < 4.78 is 0. The van der Waals surface area contributed by atoms with E-state index in [0.29, 0.717) is 5.92 Å². The quantitative estimate of drug-likeness (QED) is 0.550. The summed E-state index contributed by atoms with van der Waals surface area (Å²) in [5.41, 5.74) is 9.64. The van der Waals surface area contributed by atoms with E-state index in [4.69, 9.17) is 10.9 Å². The fraction of sp³-hybridized carbons (Fsp3) is 0.462.